The maximum Gasteiger partial charge on any atom is 0.0472 e. The Bertz CT molecular complexity index is 256. The van der Waals surface area contributed by atoms with Crippen LogP contribution in [0.5, 0.6) is 0 Å². The molecule has 0 amide bonds. The summed E-state index contributed by atoms with van der Waals surface area (Å²) in [5.74, 6) is 0.884. The Morgan fingerprint density at radius 3 is 2.37 bits per heavy atom. The van der Waals surface area contributed by atoms with Crippen molar-refractivity contribution in [3.05, 3.63) is 0 Å². The molecule has 19 heavy (non-hydrogen) atoms. The maximum absolute atomic E-state index is 6.06. The van der Waals surface area contributed by atoms with Crippen LogP contribution < -0.4 is 5.73 Å². The average molecular weight is 269 g/mol. The minimum atomic E-state index is 0.326. The first kappa shape index (κ1) is 15.2. The number of hydrogen-bond acceptors (Lipinski definition) is 4. The highest BCUT2D eigenvalue weighted by molar-refractivity contribution is 4.87. The summed E-state index contributed by atoms with van der Waals surface area (Å²) in [5.41, 5.74) is 6.39. The van der Waals surface area contributed by atoms with Crippen LogP contribution in [-0.2, 0) is 4.74 Å². The number of nitrogens with two attached hydrogens (primary N) is 1. The minimum Gasteiger partial charge on any atom is -0.381 e. The lowest BCUT2D eigenvalue weighted by Gasteiger charge is -2.42. The van der Waals surface area contributed by atoms with E-state index in [1.165, 1.54) is 39.0 Å². The van der Waals surface area contributed by atoms with Crippen LogP contribution in [0.15, 0.2) is 0 Å². The van der Waals surface area contributed by atoms with Crippen molar-refractivity contribution in [2.24, 2.45) is 17.1 Å². The molecule has 0 unspecified atom stereocenters. The van der Waals surface area contributed by atoms with E-state index < -0.39 is 0 Å². The van der Waals surface area contributed by atoms with Crippen molar-refractivity contribution in [1.82, 2.24) is 9.80 Å². The molecule has 2 heterocycles. The third-order valence-corrected chi connectivity index (χ3v) is 4.88. The highest BCUT2D eigenvalue weighted by Gasteiger charge is 2.34. The second-order valence-electron chi connectivity index (χ2n) is 6.80. The first-order valence-electron chi connectivity index (χ1n) is 7.78. The molecule has 0 atom stereocenters. The molecule has 2 saturated heterocycles. The Kier molecular flexibility index (Phi) is 5.63. The molecule has 0 radical (unpaired) electrons. The SMILES string of the molecule is CN(C)CC1CCN(CC2(CN)CCOCC2)CC1. The van der Waals surface area contributed by atoms with Crippen LogP contribution in [0.4, 0.5) is 0 Å². The number of rotatable bonds is 5. The number of nitrogens with zero attached hydrogens (tertiary/aromatic N) is 2. The van der Waals surface area contributed by atoms with Crippen molar-refractivity contribution in [2.75, 3.05) is 60.0 Å². The van der Waals surface area contributed by atoms with Gasteiger partial charge in [-0.15, -0.1) is 0 Å². The van der Waals surface area contributed by atoms with E-state index in [0.717, 1.165) is 38.5 Å². The molecule has 0 saturated carbocycles. The minimum absolute atomic E-state index is 0.326. The molecule has 0 aliphatic carbocycles. The molecule has 2 fully saturated rings. The van der Waals surface area contributed by atoms with Crippen LogP contribution in [0, 0.1) is 11.3 Å². The van der Waals surface area contributed by atoms with Gasteiger partial charge in [0.2, 0.25) is 0 Å². The van der Waals surface area contributed by atoms with Gasteiger partial charge < -0.3 is 20.3 Å². The van der Waals surface area contributed by atoms with Gasteiger partial charge in [0.05, 0.1) is 0 Å². The van der Waals surface area contributed by atoms with Crippen LogP contribution >= 0.6 is 0 Å². The third kappa shape index (κ3) is 4.42. The van der Waals surface area contributed by atoms with Gasteiger partial charge in [-0.2, -0.15) is 0 Å². The van der Waals surface area contributed by atoms with Gasteiger partial charge in [-0.1, -0.05) is 0 Å². The van der Waals surface area contributed by atoms with Crippen molar-refractivity contribution >= 4 is 0 Å². The van der Waals surface area contributed by atoms with Crippen LogP contribution in [-0.4, -0.2) is 69.8 Å². The smallest absolute Gasteiger partial charge is 0.0472 e. The van der Waals surface area contributed by atoms with Crippen molar-refractivity contribution < 1.29 is 4.74 Å². The number of ether oxygens (including phenoxy) is 1. The lowest BCUT2D eigenvalue weighted by atomic mass is 9.79. The summed E-state index contributed by atoms with van der Waals surface area (Å²) >= 11 is 0. The summed E-state index contributed by atoms with van der Waals surface area (Å²) < 4.78 is 5.50. The molecule has 112 valence electrons. The molecule has 2 aliphatic rings. The van der Waals surface area contributed by atoms with E-state index in [4.69, 9.17) is 10.5 Å². The summed E-state index contributed by atoms with van der Waals surface area (Å²) in [4.78, 5) is 4.96. The Labute approximate surface area is 118 Å². The lowest BCUT2D eigenvalue weighted by Crippen LogP contribution is -2.48. The molecule has 0 aromatic rings. The lowest BCUT2D eigenvalue weighted by molar-refractivity contribution is -0.00606. The summed E-state index contributed by atoms with van der Waals surface area (Å²) in [5, 5.41) is 0. The predicted octanol–water partition coefficient (Wildman–Crippen LogP) is 1.02. The first-order chi connectivity index (χ1) is 9.13. The van der Waals surface area contributed by atoms with Gasteiger partial charge in [-0.3, -0.25) is 0 Å². The van der Waals surface area contributed by atoms with Crippen molar-refractivity contribution in [2.45, 2.75) is 25.7 Å². The van der Waals surface area contributed by atoms with Crippen LogP contribution in [0.25, 0.3) is 0 Å². The molecule has 4 nitrogen and oxygen atoms in total. The second kappa shape index (κ2) is 7.02. The fourth-order valence-electron chi connectivity index (χ4n) is 3.55. The fraction of sp³-hybridized carbons (Fsp3) is 1.00. The van der Waals surface area contributed by atoms with E-state index >= 15 is 0 Å². The van der Waals surface area contributed by atoms with E-state index in [-0.39, 0.29) is 0 Å². The van der Waals surface area contributed by atoms with E-state index in [1.807, 2.05) is 0 Å². The Hall–Kier alpha value is -0.160. The van der Waals surface area contributed by atoms with Gasteiger partial charge in [-0.25, -0.2) is 0 Å². The van der Waals surface area contributed by atoms with Crippen molar-refractivity contribution in [1.29, 1.82) is 0 Å². The quantitative estimate of drug-likeness (QED) is 0.809. The van der Waals surface area contributed by atoms with Gasteiger partial charge >= 0.3 is 0 Å². The summed E-state index contributed by atoms with van der Waals surface area (Å²) in [6.07, 6.45) is 4.97. The molecule has 2 N–H and O–H groups in total. The average Bonchev–Trinajstić information content (AvgIpc) is 2.41. The van der Waals surface area contributed by atoms with E-state index in [9.17, 15) is 0 Å². The Morgan fingerprint density at radius 1 is 1.21 bits per heavy atom. The normalized spacial score (nSPS) is 25.9. The molecule has 0 bridgehead atoms. The highest BCUT2D eigenvalue weighted by Crippen LogP contribution is 2.31. The van der Waals surface area contributed by atoms with Gasteiger partial charge in [0, 0.05) is 26.3 Å². The molecule has 2 rings (SSSR count). The van der Waals surface area contributed by atoms with E-state index in [0.29, 0.717) is 5.41 Å². The Balaban J connectivity index is 1.77. The van der Waals surface area contributed by atoms with Crippen molar-refractivity contribution in [3.63, 3.8) is 0 Å². The monoisotopic (exact) mass is 269 g/mol. The van der Waals surface area contributed by atoms with Crippen LogP contribution in [0.1, 0.15) is 25.7 Å². The van der Waals surface area contributed by atoms with Gasteiger partial charge in [0.25, 0.3) is 0 Å². The van der Waals surface area contributed by atoms with Gasteiger partial charge in [0.15, 0.2) is 0 Å². The van der Waals surface area contributed by atoms with Gasteiger partial charge in [0.1, 0.15) is 0 Å². The molecule has 0 aromatic carbocycles. The molecular weight excluding hydrogens is 238 g/mol. The fourth-order valence-corrected chi connectivity index (χ4v) is 3.55. The molecule has 0 spiro atoms. The largest absolute Gasteiger partial charge is 0.381 e. The Morgan fingerprint density at radius 2 is 1.84 bits per heavy atom. The zero-order chi connectivity index (χ0) is 13.7. The molecular formula is C15H31N3O. The highest BCUT2D eigenvalue weighted by atomic mass is 16.5. The zero-order valence-electron chi connectivity index (χ0n) is 12.7. The zero-order valence-corrected chi connectivity index (χ0v) is 12.7. The molecule has 4 heteroatoms. The van der Waals surface area contributed by atoms with E-state index in [1.54, 1.807) is 0 Å². The topological polar surface area (TPSA) is 41.7 Å². The molecule has 0 aromatic heterocycles. The summed E-state index contributed by atoms with van der Waals surface area (Å²) in [7, 11) is 4.36. The second-order valence-corrected chi connectivity index (χ2v) is 6.80. The van der Waals surface area contributed by atoms with Crippen molar-refractivity contribution in [3.8, 4) is 0 Å². The standard InChI is InChI=1S/C15H31N3O/c1-17(2)11-14-3-7-18(8-4-14)13-15(12-16)5-9-19-10-6-15/h14H,3-13,16H2,1-2H3. The van der Waals surface area contributed by atoms with E-state index in [2.05, 4.69) is 23.9 Å². The van der Waals surface area contributed by atoms with Crippen LogP contribution in [0.3, 0.4) is 0 Å². The number of piperidine rings is 1. The predicted molar refractivity (Wildman–Crippen MR) is 79.3 cm³/mol. The first-order valence-corrected chi connectivity index (χ1v) is 7.78. The van der Waals surface area contributed by atoms with Gasteiger partial charge in [-0.05, 0) is 70.7 Å². The summed E-state index contributed by atoms with van der Waals surface area (Å²) in [6.45, 7) is 7.53. The molecule has 2 aliphatic heterocycles. The number of likely N-dealkylation sites (tertiary alicyclic amines) is 1. The third-order valence-electron chi connectivity index (χ3n) is 4.88. The summed E-state index contributed by atoms with van der Waals surface area (Å²) in [6, 6.07) is 0. The van der Waals surface area contributed by atoms with Crippen LogP contribution in [0.2, 0.25) is 0 Å². The number of hydrogen-bond donors (Lipinski definition) is 1. The maximum atomic E-state index is 6.06.